The molecule has 0 aliphatic carbocycles. The Morgan fingerprint density at radius 2 is 1.68 bits per heavy atom. The predicted molar refractivity (Wildman–Crippen MR) is 98.6 cm³/mol. The number of hydrogen-bond donors (Lipinski definition) is 1. The van der Waals surface area contributed by atoms with Crippen LogP contribution in [-0.4, -0.2) is 28.8 Å². The summed E-state index contributed by atoms with van der Waals surface area (Å²) in [5.74, 6) is 0.593. The first-order valence-electron chi connectivity index (χ1n) is 7.93. The van der Waals surface area contributed by atoms with E-state index in [0.717, 1.165) is 4.90 Å². The first kappa shape index (κ1) is 18.9. The van der Waals surface area contributed by atoms with Crippen LogP contribution in [0.4, 0.5) is 5.69 Å². The van der Waals surface area contributed by atoms with Gasteiger partial charge >= 0.3 is 0 Å². The molecular weight excluding hydrogens is 338 g/mol. The minimum Gasteiger partial charge on any atom is -0.494 e. The van der Waals surface area contributed by atoms with Crippen molar-refractivity contribution in [1.29, 1.82) is 0 Å². The van der Waals surface area contributed by atoms with Gasteiger partial charge in [-0.3, -0.25) is 13.8 Å². The highest BCUT2D eigenvalue weighted by molar-refractivity contribution is 7.84. The maximum absolute atomic E-state index is 11.9. The van der Waals surface area contributed by atoms with Gasteiger partial charge in [-0.1, -0.05) is 0 Å². The van der Waals surface area contributed by atoms with E-state index in [-0.39, 0.29) is 11.7 Å². The van der Waals surface area contributed by atoms with Gasteiger partial charge in [-0.25, -0.2) is 0 Å². The van der Waals surface area contributed by atoms with Gasteiger partial charge in [0.1, 0.15) is 5.75 Å². The molecule has 0 bridgehead atoms. The fourth-order valence-corrected chi connectivity index (χ4v) is 2.68. The van der Waals surface area contributed by atoms with Gasteiger partial charge in [0.2, 0.25) is 5.91 Å². The SMILES string of the molecule is CC(=O)c1ccc(OCCCC(=O)Nc2ccc([S@](C)=O)cc2)cc1. The summed E-state index contributed by atoms with van der Waals surface area (Å²) in [7, 11) is -1.03. The molecule has 5 nitrogen and oxygen atoms in total. The number of amides is 1. The molecular formula is C19H21NO4S. The average Bonchev–Trinajstić information content (AvgIpc) is 2.59. The molecule has 25 heavy (non-hydrogen) atoms. The van der Waals surface area contributed by atoms with Gasteiger partial charge in [-0.2, -0.15) is 0 Å². The van der Waals surface area contributed by atoms with Gasteiger partial charge in [0.05, 0.1) is 6.61 Å². The lowest BCUT2D eigenvalue weighted by Gasteiger charge is -2.08. The third-order valence-electron chi connectivity index (χ3n) is 3.55. The third kappa shape index (κ3) is 6.15. The molecule has 1 atom stereocenters. The van der Waals surface area contributed by atoms with Crippen LogP contribution in [0.3, 0.4) is 0 Å². The van der Waals surface area contributed by atoms with Crippen molar-refractivity contribution in [1.82, 2.24) is 0 Å². The number of ketones is 1. The Kier molecular flexibility index (Phi) is 6.89. The lowest BCUT2D eigenvalue weighted by Crippen LogP contribution is -2.12. The summed E-state index contributed by atoms with van der Waals surface area (Å²) in [6.07, 6.45) is 2.53. The lowest BCUT2D eigenvalue weighted by atomic mass is 10.1. The molecule has 0 radical (unpaired) electrons. The van der Waals surface area contributed by atoms with Gasteiger partial charge in [0.15, 0.2) is 5.78 Å². The van der Waals surface area contributed by atoms with E-state index >= 15 is 0 Å². The monoisotopic (exact) mass is 359 g/mol. The summed E-state index contributed by atoms with van der Waals surface area (Å²) >= 11 is 0. The molecule has 1 amide bonds. The molecule has 2 rings (SSSR count). The normalized spacial score (nSPS) is 11.6. The second-order valence-electron chi connectivity index (χ2n) is 5.56. The average molecular weight is 359 g/mol. The Hall–Kier alpha value is -2.47. The van der Waals surface area contributed by atoms with Crippen molar-refractivity contribution in [2.75, 3.05) is 18.2 Å². The number of ether oxygens (including phenoxy) is 1. The van der Waals surface area contributed by atoms with Crippen molar-refractivity contribution in [3.05, 3.63) is 54.1 Å². The topological polar surface area (TPSA) is 72.5 Å². The number of nitrogens with one attached hydrogen (secondary N) is 1. The molecule has 2 aromatic rings. The summed E-state index contributed by atoms with van der Waals surface area (Å²) < 4.78 is 16.9. The summed E-state index contributed by atoms with van der Waals surface area (Å²) in [5, 5.41) is 2.80. The zero-order chi connectivity index (χ0) is 18.2. The van der Waals surface area contributed by atoms with Crippen LogP contribution < -0.4 is 10.1 Å². The van der Waals surface area contributed by atoms with Crippen LogP contribution in [0.2, 0.25) is 0 Å². The Morgan fingerprint density at radius 3 is 2.24 bits per heavy atom. The molecule has 0 spiro atoms. The minimum absolute atomic E-state index is 0.0152. The molecule has 0 fully saturated rings. The van der Waals surface area contributed by atoms with E-state index in [1.807, 2.05) is 0 Å². The third-order valence-corrected chi connectivity index (χ3v) is 4.48. The van der Waals surface area contributed by atoms with Crippen molar-refractivity contribution >= 4 is 28.2 Å². The van der Waals surface area contributed by atoms with Gasteiger partial charge in [-0.15, -0.1) is 0 Å². The summed E-state index contributed by atoms with van der Waals surface area (Å²) in [5.41, 5.74) is 1.32. The highest BCUT2D eigenvalue weighted by Gasteiger charge is 2.04. The summed E-state index contributed by atoms with van der Waals surface area (Å²) in [6, 6.07) is 13.9. The largest absolute Gasteiger partial charge is 0.494 e. The van der Waals surface area contributed by atoms with Crippen molar-refractivity contribution < 1.29 is 18.5 Å². The predicted octanol–water partition coefficient (Wildman–Crippen LogP) is 3.42. The van der Waals surface area contributed by atoms with Crippen LogP contribution in [0.25, 0.3) is 0 Å². The van der Waals surface area contributed by atoms with Gasteiger partial charge in [0, 0.05) is 39.6 Å². The number of carbonyl (C=O) groups is 2. The van der Waals surface area contributed by atoms with E-state index in [0.29, 0.717) is 36.4 Å². The molecule has 0 heterocycles. The number of rotatable bonds is 8. The smallest absolute Gasteiger partial charge is 0.224 e. The fourth-order valence-electron chi connectivity index (χ4n) is 2.16. The number of benzene rings is 2. The Labute approximate surface area is 149 Å². The molecule has 0 saturated carbocycles. The quantitative estimate of drug-likeness (QED) is 0.579. The summed E-state index contributed by atoms with van der Waals surface area (Å²) in [6.45, 7) is 1.93. The Balaban J connectivity index is 1.71. The van der Waals surface area contributed by atoms with E-state index in [4.69, 9.17) is 4.74 Å². The first-order chi connectivity index (χ1) is 12.0. The molecule has 0 aliphatic heterocycles. The van der Waals surface area contributed by atoms with E-state index in [1.165, 1.54) is 6.92 Å². The van der Waals surface area contributed by atoms with Crippen LogP contribution in [0.15, 0.2) is 53.4 Å². The van der Waals surface area contributed by atoms with Crippen molar-refractivity contribution in [3.8, 4) is 5.75 Å². The van der Waals surface area contributed by atoms with Gasteiger partial charge in [0.25, 0.3) is 0 Å². The van der Waals surface area contributed by atoms with Crippen molar-refractivity contribution in [2.24, 2.45) is 0 Å². The number of anilines is 1. The zero-order valence-electron chi connectivity index (χ0n) is 14.3. The van der Waals surface area contributed by atoms with E-state index in [9.17, 15) is 13.8 Å². The van der Waals surface area contributed by atoms with Crippen LogP contribution in [0.5, 0.6) is 5.75 Å². The molecule has 2 aromatic carbocycles. The highest BCUT2D eigenvalue weighted by atomic mass is 32.2. The van der Waals surface area contributed by atoms with Crippen LogP contribution >= 0.6 is 0 Å². The molecule has 1 N–H and O–H groups in total. The van der Waals surface area contributed by atoms with E-state index in [2.05, 4.69) is 5.32 Å². The second kappa shape index (κ2) is 9.13. The molecule has 0 unspecified atom stereocenters. The molecule has 0 aliphatic rings. The van der Waals surface area contributed by atoms with Gasteiger partial charge < -0.3 is 10.1 Å². The second-order valence-corrected chi connectivity index (χ2v) is 6.94. The number of carbonyl (C=O) groups excluding carboxylic acids is 2. The lowest BCUT2D eigenvalue weighted by molar-refractivity contribution is -0.116. The van der Waals surface area contributed by atoms with E-state index in [1.54, 1.807) is 54.8 Å². The molecule has 0 aromatic heterocycles. The molecule has 0 saturated heterocycles. The standard InChI is InChI=1S/C19H21NO4S/c1-14(21)15-5-9-17(10-6-15)24-13-3-4-19(22)20-16-7-11-18(12-8-16)25(2)23/h5-12H,3-4,13H2,1-2H3,(H,20,22)/t25-/m0/s1. The van der Waals surface area contributed by atoms with Crippen LogP contribution in [0.1, 0.15) is 30.1 Å². The summed E-state index contributed by atoms with van der Waals surface area (Å²) in [4.78, 5) is 23.8. The fraction of sp³-hybridized carbons (Fsp3) is 0.263. The number of hydrogen-bond acceptors (Lipinski definition) is 4. The maximum Gasteiger partial charge on any atom is 0.224 e. The van der Waals surface area contributed by atoms with Crippen molar-refractivity contribution in [3.63, 3.8) is 0 Å². The molecule has 6 heteroatoms. The maximum atomic E-state index is 11.9. The van der Waals surface area contributed by atoms with E-state index < -0.39 is 10.8 Å². The van der Waals surface area contributed by atoms with Gasteiger partial charge in [-0.05, 0) is 61.9 Å². The highest BCUT2D eigenvalue weighted by Crippen LogP contribution is 2.14. The van der Waals surface area contributed by atoms with Crippen molar-refractivity contribution in [2.45, 2.75) is 24.7 Å². The minimum atomic E-state index is -1.03. The number of Topliss-reactive ketones (excluding diaryl/α,β-unsaturated/α-hetero) is 1. The van der Waals surface area contributed by atoms with Crippen LogP contribution in [-0.2, 0) is 15.6 Å². The Morgan fingerprint density at radius 1 is 1.04 bits per heavy atom. The molecule has 132 valence electrons. The zero-order valence-corrected chi connectivity index (χ0v) is 15.1. The van der Waals surface area contributed by atoms with Crippen LogP contribution in [0, 0.1) is 0 Å². The Bertz CT molecular complexity index is 754. The first-order valence-corrected chi connectivity index (χ1v) is 9.48.